The van der Waals surface area contributed by atoms with Crippen molar-refractivity contribution in [3.05, 3.63) is 114 Å². The van der Waals surface area contributed by atoms with Gasteiger partial charge in [0.15, 0.2) is 0 Å². The molecule has 3 heteroatoms. The van der Waals surface area contributed by atoms with Crippen molar-refractivity contribution in [3.63, 3.8) is 0 Å². The lowest BCUT2D eigenvalue weighted by molar-refractivity contribution is 0.371. The molecule has 33 heavy (non-hydrogen) atoms. The van der Waals surface area contributed by atoms with E-state index in [4.69, 9.17) is 10.5 Å². The fourth-order valence-corrected chi connectivity index (χ4v) is 4.63. The maximum atomic E-state index is 7.15. The fourth-order valence-electron chi connectivity index (χ4n) is 4.63. The molecule has 0 aliphatic rings. The predicted octanol–water partition coefficient (Wildman–Crippen LogP) is 5.55. The van der Waals surface area contributed by atoms with E-state index in [1.165, 1.54) is 27.5 Å². The Labute approximate surface area is 197 Å². The van der Waals surface area contributed by atoms with Crippen molar-refractivity contribution in [3.8, 4) is 5.75 Å². The number of nitrogens with two attached hydrogens (primary N) is 1. The van der Waals surface area contributed by atoms with Crippen LogP contribution < -0.4 is 15.8 Å². The van der Waals surface area contributed by atoms with Gasteiger partial charge in [-0.15, -0.1) is 0 Å². The maximum absolute atomic E-state index is 7.15. The van der Waals surface area contributed by atoms with Gasteiger partial charge in [0, 0.05) is 17.6 Å². The van der Waals surface area contributed by atoms with Gasteiger partial charge < -0.3 is 15.8 Å². The van der Waals surface area contributed by atoms with Crippen LogP contribution in [0, 0.1) is 0 Å². The summed E-state index contributed by atoms with van der Waals surface area (Å²) in [6, 6.07) is 33.9. The van der Waals surface area contributed by atoms with Crippen molar-refractivity contribution in [2.24, 2.45) is 5.73 Å². The highest BCUT2D eigenvalue weighted by Gasteiger charge is 2.28. The van der Waals surface area contributed by atoms with Crippen LogP contribution in [0.5, 0.6) is 5.75 Å². The van der Waals surface area contributed by atoms with Gasteiger partial charge in [-0.25, -0.2) is 0 Å². The van der Waals surface area contributed by atoms with Crippen LogP contribution in [0.4, 0.5) is 0 Å². The number of hydrogen-bond donors (Lipinski definition) is 2. The number of fused-ring (bicyclic) bond motifs is 1. The molecule has 0 bridgehead atoms. The predicted molar refractivity (Wildman–Crippen MR) is 139 cm³/mol. The van der Waals surface area contributed by atoms with Crippen molar-refractivity contribution in [2.45, 2.75) is 31.2 Å². The van der Waals surface area contributed by atoms with E-state index in [2.05, 4.69) is 102 Å². The highest BCUT2D eigenvalue weighted by molar-refractivity contribution is 5.88. The number of methoxy groups -OCH3 is 1. The molecule has 0 aliphatic heterocycles. The molecule has 4 aromatic rings. The normalized spacial score (nSPS) is 13.0. The molecule has 1 atom stereocenters. The van der Waals surface area contributed by atoms with Crippen molar-refractivity contribution in [2.75, 3.05) is 20.2 Å². The number of nitrogens with one attached hydrogen (secondary N) is 1. The van der Waals surface area contributed by atoms with E-state index >= 15 is 0 Å². The molecule has 0 amide bonds. The van der Waals surface area contributed by atoms with E-state index in [0.29, 0.717) is 0 Å². The monoisotopic (exact) mass is 438 g/mol. The molecule has 0 fully saturated rings. The second kappa shape index (κ2) is 11.1. The van der Waals surface area contributed by atoms with E-state index in [9.17, 15) is 0 Å². The van der Waals surface area contributed by atoms with Gasteiger partial charge >= 0.3 is 0 Å². The summed E-state index contributed by atoms with van der Waals surface area (Å²) >= 11 is 0. The summed E-state index contributed by atoms with van der Waals surface area (Å²) in [5, 5.41) is 6.08. The van der Waals surface area contributed by atoms with Crippen LogP contribution in [0.3, 0.4) is 0 Å². The van der Waals surface area contributed by atoms with Crippen LogP contribution in [0.1, 0.15) is 23.1 Å². The van der Waals surface area contributed by atoms with Gasteiger partial charge in [-0.05, 0) is 60.2 Å². The zero-order chi connectivity index (χ0) is 22.9. The minimum Gasteiger partial charge on any atom is -0.496 e. The second-order valence-electron chi connectivity index (χ2n) is 8.93. The first kappa shape index (κ1) is 23.0. The molecule has 4 rings (SSSR count). The molecule has 0 saturated heterocycles. The lowest BCUT2D eigenvalue weighted by Crippen LogP contribution is -2.52. The molecule has 0 spiro atoms. The van der Waals surface area contributed by atoms with Gasteiger partial charge in [0.1, 0.15) is 5.75 Å². The van der Waals surface area contributed by atoms with Crippen molar-refractivity contribution in [1.82, 2.24) is 5.32 Å². The van der Waals surface area contributed by atoms with E-state index < -0.39 is 5.54 Å². The smallest absolute Gasteiger partial charge is 0.122 e. The lowest BCUT2D eigenvalue weighted by atomic mass is 9.83. The van der Waals surface area contributed by atoms with Crippen LogP contribution in [-0.4, -0.2) is 25.7 Å². The van der Waals surface area contributed by atoms with Crippen LogP contribution >= 0.6 is 0 Å². The van der Waals surface area contributed by atoms with Crippen LogP contribution in [0.15, 0.2) is 97.1 Å². The summed E-state index contributed by atoms with van der Waals surface area (Å²) in [7, 11) is 1.74. The molecular formula is C30H34N2O. The standard InChI is InChI=1S/C30H34N2O/c1-33-29-19-18-26-16-8-9-17-27(26)28(29)22-30(31,21-25-13-6-3-7-14-25)23-32-20-10-15-24-11-4-2-5-12-24/h2-9,11-14,16-19,32H,10,15,20-23,31H2,1H3. The van der Waals surface area contributed by atoms with E-state index in [1.54, 1.807) is 7.11 Å². The summed E-state index contributed by atoms with van der Waals surface area (Å²) in [5.74, 6) is 0.903. The second-order valence-corrected chi connectivity index (χ2v) is 8.93. The minimum atomic E-state index is -0.439. The first-order chi connectivity index (χ1) is 16.2. The number of benzene rings is 4. The Hall–Kier alpha value is -3.14. The highest BCUT2D eigenvalue weighted by Crippen LogP contribution is 2.31. The van der Waals surface area contributed by atoms with E-state index in [-0.39, 0.29) is 0 Å². The Kier molecular flexibility index (Phi) is 7.77. The van der Waals surface area contributed by atoms with Gasteiger partial charge in [0.05, 0.1) is 7.11 Å². The van der Waals surface area contributed by atoms with Gasteiger partial charge in [-0.2, -0.15) is 0 Å². The van der Waals surface area contributed by atoms with Crippen LogP contribution in [-0.2, 0) is 19.3 Å². The molecular weight excluding hydrogens is 404 g/mol. The molecule has 0 radical (unpaired) electrons. The molecule has 3 N–H and O–H groups in total. The van der Waals surface area contributed by atoms with Crippen molar-refractivity contribution in [1.29, 1.82) is 0 Å². The van der Waals surface area contributed by atoms with Crippen LogP contribution in [0.2, 0.25) is 0 Å². The zero-order valence-electron chi connectivity index (χ0n) is 19.5. The third-order valence-electron chi connectivity index (χ3n) is 6.28. The molecule has 0 heterocycles. The Morgan fingerprint density at radius 3 is 2.15 bits per heavy atom. The fraction of sp³-hybridized carbons (Fsp3) is 0.267. The Morgan fingerprint density at radius 1 is 0.758 bits per heavy atom. The molecule has 0 aliphatic carbocycles. The minimum absolute atomic E-state index is 0.439. The Bertz CT molecular complexity index is 1140. The summed E-state index contributed by atoms with van der Waals surface area (Å²) < 4.78 is 5.77. The third kappa shape index (κ3) is 6.22. The molecule has 0 saturated carbocycles. The summed E-state index contributed by atoms with van der Waals surface area (Å²) in [6.45, 7) is 1.68. The first-order valence-corrected chi connectivity index (χ1v) is 11.8. The number of aryl methyl sites for hydroxylation is 1. The molecule has 0 aromatic heterocycles. The topological polar surface area (TPSA) is 47.3 Å². The van der Waals surface area contributed by atoms with Crippen molar-refractivity contribution >= 4 is 10.8 Å². The average Bonchev–Trinajstić information content (AvgIpc) is 2.85. The quantitative estimate of drug-likeness (QED) is 0.302. The highest BCUT2D eigenvalue weighted by atomic mass is 16.5. The number of rotatable bonds is 11. The third-order valence-corrected chi connectivity index (χ3v) is 6.28. The summed E-state index contributed by atoms with van der Waals surface area (Å²) in [5.41, 5.74) is 10.5. The number of hydrogen-bond acceptors (Lipinski definition) is 3. The average molecular weight is 439 g/mol. The zero-order valence-corrected chi connectivity index (χ0v) is 19.5. The van der Waals surface area contributed by atoms with Crippen molar-refractivity contribution < 1.29 is 4.74 Å². The molecule has 1 unspecified atom stereocenters. The molecule has 4 aromatic carbocycles. The van der Waals surface area contributed by atoms with Gasteiger partial charge in [0.25, 0.3) is 0 Å². The summed E-state index contributed by atoms with van der Waals surface area (Å²) in [4.78, 5) is 0. The SMILES string of the molecule is COc1ccc2ccccc2c1CC(N)(CNCCCc1ccccc1)Cc1ccccc1. The lowest BCUT2D eigenvalue weighted by Gasteiger charge is -2.31. The van der Waals surface area contributed by atoms with E-state index in [0.717, 1.165) is 44.5 Å². The molecule has 170 valence electrons. The first-order valence-electron chi connectivity index (χ1n) is 11.8. The Balaban J connectivity index is 1.51. The van der Waals surface area contributed by atoms with Crippen LogP contribution in [0.25, 0.3) is 10.8 Å². The van der Waals surface area contributed by atoms with E-state index in [1.807, 2.05) is 0 Å². The number of ether oxygens (including phenoxy) is 1. The largest absolute Gasteiger partial charge is 0.496 e. The van der Waals surface area contributed by atoms with Gasteiger partial charge in [-0.3, -0.25) is 0 Å². The maximum Gasteiger partial charge on any atom is 0.122 e. The van der Waals surface area contributed by atoms with Gasteiger partial charge in [0.2, 0.25) is 0 Å². The van der Waals surface area contributed by atoms with Gasteiger partial charge in [-0.1, -0.05) is 91.0 Å². The summed E-state index contributed by atoms with van der Waals surface area (Å²) in [6.07, 6.45) is 3.69. The Morgan fingerprint density at radius 2 is 1.42 bits per heavy atom. The molecule has 3 nitrogen and oxygen atoms in total.